The summed E-state index contributed by atoms with van der Waals surface area (Å²) in [7, 11) is -2.07. The van der Waals surface area contributed by atoms with E-state index in [4.69, 9.17) is 5.73 Å². The highest BCUT2D eigenvalue weighted by Gasteiger charge is 2.23. The molecule has 0 aliphatic rings. The Kier molecular flexibility index (Phi) is 3.88. The van der Waals surface area contributed by atoms with Gasteiger partial charge in [0.05, 0.1) is 23.4 Å². The van der Waals surface area contributed by atoms with Crippen molar-refractivity contribution in [3.63, 3.8) is 0 Å². The zero-order valence-electron chi connectivity index (χ0n) is 10.7. The fourth-order valence-corrected chi connectivity index (χ4v) is 3.48. The topological polar surface area (TPSA) is 76.3 Å². The number of thiazole rings is 1. The zero-order valence-corrected chi connectivity index (χ0v) is 12.3. The van der Waals surface area contributed by atoms with Gasteiger partial charge in [-0.1, -0.05) is 6.07 Å². The number of nitrogen functional groups attached to an aromatic ring is 1. The maximum Gasteiger partial charge on any atom is 0.245 e. The second-order valence-corrected chi connectivity index (χ2v) is 7.01. The van der Waals surface area contributed by atoms with Crippen molar-refractivity contribution in [3.05, 3.63) is 40.3 Å². The lowest BCUT2D eigenvalue weighted by atomic mass is 10.2. The molecular formula is C12H15N3O2S2. The van der Waals surface area contributed by atoms with Gasteiger partial charge in [0, 0.05) is 12.4 Å². The summed E-state index contributed by atoms with van der Waals surface area (Å²) in [6, 6.07) is 4.93. The van der Waals surface area contributed by atoms with Gasteiger partial charge in [0.1, 0.15) is 4.90 Å². The molecule has 0 atom stereocenters. The lowest BCUT2D eigenvalue weighted by Gasteiger charge is -2.17. The molecule has 0 bridgehead atoms. The van der Waals surface area contributed by atoms with Gasteiger partial charge in [-0.3, -0.25) is 0 Å². The summed E-state index contributed by atoms with van der Waals surface area (Å²) < 4.78 is 26.1. The van der Waals surface area contributed by atoms with Crippen LogP contribution >= 0.6 is 11.3 Å². The van der Waals surface area contributed by atoms with Crippen LogP contribution in [0.2, 0.25) is 0 Å². The van der Waals surface area contributed by atoms with E-state index in [0.717, 1.165) is 11.3 Å². The fourth-order valence-electron chi connectivity index (χ4n) is 1.70. The van der Waals surface area contributed by atoms with Crippen molar-refractivity contribution in [1.29, 1.82) is 0 Å². The molecule has 19 heavy (non-hydrogen) atoms. The number of aryl methyl sites for hydroxylation is 1. The first-order chi connectivity index (χ1) is 8.91. The molecular weight excluding hydrogens is 282 g/mol. The number of nitrogens with two attached hydrogens (primary N) is 1. The van der Waals surface area contributed by atoms with Crippen molar-refractivity contribution < 1.29 is 8.42 Å². The largest absolute Gasteiger partial charge is 0.398 e. The molecule has 1 aromatic heterocycles. The van der Waals surface area contributed by atoms with Gasteiger partial charge in [0.15, 0.2) is 0 Å². The normalized spacial score (nSPS) is 11.9. The standard InChI is InChI=1S/C12H15N3O2S2/c1-9-3-4-12(11(13)5-9)19(16,17)15(2)6-10-7-18-8-14-10/h3-5,7-8H,6,13H2,1-2H3. The van der Waals surface area contributed by atoms with Gasteiger partial charge in [-0.15, -0.1) is 11.3 Å². The number of anilines is 1. The van der Waals surface area contributed by atoms with Gasteiger partial charge < -0.3 is 5.73 Å². The number of hydrogen-bond donors (Lipinski definition) is 1. The number of aromatic nitrogens is 1. The molecule has 1 heterocycles. The highest BCUT2D eigenvalue weighted by molar-refractivity contribution is 7.89. The van der Waals surface area contributed by atoms with Gasteiger partial charge in [-0.25, -0.2) is 13.4 Å². The molecule has 0 aliphatic heterocycles. The first kappa shape index (κ1) is 14.0. The molecule has 0 radical (unpaired) electrons. The van der Waals surface area contributed by atoms with Crippen LogP contribution in [0.1, 0.15) is 11.3 Å². The van der Waals surface area contributed by atoms with Crippen LogP contribution in [0.3, 0.4) is 0 Å². The van der Waals surface area contributed by atoms with Crippen LogP contribution in [0.4, 0.5) is 5.69 Å². The molecule has 7 heteroatoms. The number of hydrogen-bond acceptors (Lipinski definition) is 5. The summed E-state index contributed by atoms with van der Waals surface area (Å²) in [6.45, 7) is 2.10. The average molecular weight is 297 g/mol. The molecule has 2 N–H and O–H groups in total. The Bertz CT molecular complexity index is 666. The van der Waals surface area contributed by atoms with Gasteiger partial charge in [0.25, 0.3) is 0 Å². The third-order valence-electron chi connectivity index (χ3n) is 2.72. The van der Waals surface area contributed by atoms with E-state index in [1.165, 1.54) is 28.8 Å². The second-order valence-electron chi connectivity index (χ2n) is 4.28. The predicted molar refractivity (Wildman–Crippen MR) is 76.4 cm³/mol. The molecule has 0 unspecified atom stereocenters. The van der Waals surface area contributed by atoms with Crippen molar-refractivity contribution in [2.45, 2.75) is 18.4 Å². The first-order valence-electron chi connectivity index (χ1n) is 5.61. The summed E-state index contributed by atoms with van der Waals surface area (Å²) in [5, 5.41) is 1.82. The zero-order chi connectivity index (χ0) is 14.0. The molecule has 0 amide bonds. The van der Waals surface area contributed by atoms with Crippen molar-refractivity contribution in [3.8, 4) is 0 Å². The lowest BCUT2D eigenvalue weighted by molar-refractivity contribution is 0.463. The monoisotopic (exact) mass is 297 g/mol. The minimum Gasteiger partial charge on any atom is -0.398 e. The van der Waals surface area contributed by atoms with E-state index in [1.54, 1.807) is 17.6 Å². The van der Waals surface area contributed by atoms with Crippen LogP contribution in [0.25, 0.3) is 0 Å². The molecule has 2 aromatic rings. The molecule has 0 saturated carbocycles. The predicted octanol–water partition coefficient (Wildman–Crippen LogP) is 1.85. The van der Waals surface area contributed by atoms with E-state index in [2.05, 4.69) is 4.98 Å². The Morgan fingerprint density at radius 2 is 2.16 bits per heavy atom. The van der Waals surface area contributed by atoms with E-state index >= 15 is 0 Å². The minimum absolute atomic E-state index is 0.135. The Balaban J connectivity index is 2.31. The van der Waals surface area contributed by atoms with Crippen LogP contribution in [0.5, 0.6) is 0 Å². The van der Waals surface area contributed by atoms with Crippen LogP contribution in [0, 0.1) is 6.92 Å². The summed E-state index contributed by atoms with van der Waals surface area (Å²) in [5.74, 6) is 0. The first-order valence-corrected chi connectivity index (χ1v) is 7.99. The molecule has 2 rings (SSSR count). The highest BCUT2D eigenvalue weighted by atomic mass is 32.2. The van der Waals surface area contributed by atoms with Crippen LogP contribution in [-0.2, 0) is 16.6 Å². The quantitative estimate of drug-likeness (QED) is 0.874. The van der Waals surface area contributed by atoms with Crippen molar-refractivity contribution >= 4 is 27.0 Å². The van der Waals surface area contributed by atoms with E-state index in [1.807, 2.05) is 12.3 Å². The summed E-state index contributed by atoms with van der Waals surface area (Å²) in [6.07, 6.45) is 0. The maximum absolute atomic E-state index is 12.4. The minimum atomic E-state index is -3.59. The van der Waals surface area contributed by atoms with Crippen LogP contribution in [0.15, 0.2) is 34.0 Å². The number of sulfonamides is 1. The summed E-state index contributed by atoms with van der Waals surface area (Å²) in [5.41, 5.74) is 9.40. The third-order valence-corrected chi connectivity index (χ3v) is 5.23. The van der Waals surface area contributed by atoms with E-state index < -0.39 is 10.0 Å². The Morgan fingerprint density at radius 3 is 2.74 bits per heavy atom. The molecule has 102 valence electrons. The fraction of sp³-hybridized carbons (Fsp3) is 0.250. The van der Waals surface area contributed by atoms with Crippen molar-refractivity contribution in [1.82, 2.24) is 9.29 Å². The maximum atomic E-state index is 12.4. The van der Waals surface area contributed by atoms with Crippen LogP contribution < -0.4 is 5.73 Å². The van der Waals surface area contributed by atoms with Crippen molar-refractivity contribution in [2.75, 3.05) is 12.8 Å². The average Bonchev–Trinajstić information content (AvgIpc) is 2.81. The Labute approximate surface area is 116 Å². The number of benzene rings is 1. The molecule has 0 saturated heterocycles. The third kappa shape index (κ3) is 2.94. The van der Waals surface area contributed by atoms with E-state index in [-0.39, 0.29) is 17.1 Å². The van der Waals surface area contributed by atoms with Gasteiger partial charge in [-0.2, -0.15) is 4.31 Å². The van der Waals surface area contributed by atoms with Crippen LogP contribution in [-0.4, -0.2) is 24.8 Å². The SMILES string of the molecule is Cc1ccc(S(=O)(=O)N(C)Cc2cscn2)c(N)c1. The summed E-state index contributed by atoms with van der Waals surface area (Å²) >= 11 is 1.44. The van der Waals surface area contributed by atoms with Crippen molar-refractivity contribution in [2.24, 2.45) is 0 Å². The Morgan fingerprint density at radius 1 is 1.42 bits per heavy atom. The highest BCUT2D eigenvalue weighted by Crippen LogP contribution is 2.23. The van der Waals surface area contributed by atoms with E-state index in [9.17, 15) is 8.42 Å². The molecule has 0 aliphatic carbocycles. The molecule has 0 fully saturated rings. The smallest absolute Gasteiger partial charge is 0.245 e. The molecule has 1 aromatic carbocycles. The van der Waals surface area contributed by atoms with Gasteiger partial charge in [-0.05, 0) is 24.6 Å². The Hall–Kier alpha value is -1.44. The number of nitrogens with zero attached hydrogens (tertiary/aromatic N) is 2. The molecule has 5 nitrogen and oxygen atoms in total. The van der Waals surface area contributed by atoms with Gasteiger partial charge in [0.2, 0.25) is 10.0 Å². The summed E-state index contributed by atoms with van der Waals surface area (Å²) in [4.78, 5) is 4.22. The molecule has 0 spiro atoms. The van der Waals surface area contributed by atoms with E-state index in [0.29, 0.717) is 0 Å². The van der Waals surface area contributed by atoms with Gasteiger partial charge >= 0.3 is 0 Å². The lowest BCUT2D eigenvalue weighted by Crippen LogP contribution is -2.27. The number of rotatable bonds is 4. The second kappa shape index (κ2) is 5.28.